The van der Waals surface area contributed by atoms with Crippen LogP contribution >= 0.6 is 22.6 Å². The Kier molecular flexibility index (Phi) is 4.96. The predicted molar refractivity (Wildman–Crippen MR) is 74.9 cm³/mol. The second kappa shape index (κ2) is 5.66. The molecule has 1 saturated heterocycles. The van der Waals surface area contributed by atoms with Crippen molar-refractivity contribution >= 4 is 42.8 Å². The van der Waals surface area contributed by atoms with Gasteiger partial charge in [0.05, 0.1) is 10.5 Å². The van der Waals surface area contributed by atoms with Crippen LogP contribution in [0.25, 0.3) is 0 Å². The van der Waals surface area contributed by atoms with E-state index in [9.17, 15) is 9.59 Å². The number of amides is 1. The molecule has 0 radical (unpaired) electrons. The maximum atomic E-state index is 11.7. The highest BCUT2D eigenvalue weighted by Gasteiger charge is 2.40. The number of hydrogen-bond donors (Lipinski definition) is 1. The molecular formula is C10H18INO4Si. The zero-order valence-corrected chi connectivity index (χ0v) is 13.4. The Morgan fingerprint density at radius 3 is 2.47 bits per heavy atom. The molecule has 17 heavy (non-hydrogen) atoms. The van der Waals surface area contributed by atoms with Crippen molar-refractivity contribution in [2.45, 2.75) is 38.2 Å². The molecule has 0 aliphatic carbocycles. The number of carboxylic acids is 1. The van der Waals surface area contributed by atoms with Crippen LogP contribution in [-0.2, 0) is 14.0 Å². The molecule has 0 aromatic rings. The summed E-state index contributed by atoms with van der Waals surface area (Å²) in [6.45, 7) is 6.59. The quantitative estimate of drug-likeness (QED) is 0.460. The second-order valence-electron chi connectivity index (χ2n) is 5.12. The number of alkyl halides is 1. The average molecular weight is 371 g/mol. The van der Waals surface area contributed by atoms with Crippen LogP contribution in [0.2, 0.25) is 19.6 Å². The van der Waals surface area contributed by atoms with Gasteiger partial charge >= 0.3 is 5.97 Å². The molecule has 0 unspecified atom stereocenters. The fourth-order valence-corrected chi connectivity index (χ4v) is 3.58. The number of rotatable bonds is 4. The Hall–Kier alpha value is -0.153. The maximum Gasteiger partial charge on any atom is 0.326 e. The van der Waals surface area contributed by atoms with E-state index in [1.54, 1.807) is 0 Å². The fourth-order valence-electron chi connectivity index (χ4n) is 1.97. The van der Waals surface area contributed by atoms with Crippen molar-refractivity contribution in [2.24, 2.45) is 0 Å². The molecule has 2 atom stereocenters. The van der Waals surface area contributed by atoms with Crippen molar-refractivity contribution in [1.29, 1.82) is 0 Å². The standard InChI is InChI=1S/C10H18INO4Si/c1-17(2,3)16-7-4-8(10(14)15)12(6-7)9(13)5-11/h7-8H,4-6H2,1-3H3,(H,14,15)/t7-,8+/m1/s1. The van der Waals surface area contributed by atoms with Crippen LogP contribution in [0.3, 0.4) is 0 Å². The molecule has 1 aliphatic heterocycles. The van der Waals surface area contributed by atoms with Gasteiger partial charge in [0.1, 0.15) is 6.04 Å². The van der Waals surface area contributed by atoms with Gasteiger partial charge < -0.3 is 14.4 Å². The van der Waals surface area contributed by atoms with E-state index in [1.807, 2.05) is 22.6 Å². The van der Waals surface area contributed by atoms with Crippen LogP contribution in [-0.4, -0.2) is 53.3 Å². The van der Waals surface area contributed by atoms with E-state index in [-0.39, 0.29) is 12.0 Å². The lowest BCUT2D eigenvalue weighted by molar-refractivity contribution is -0.147. The molecule has 7 heteroatoms. The minimum atomic E-state index is -1.69. The summed E-state index contributed by atoms with van der Waals surface area (Å²) in [5.74, 6) is -1.07. The van der Waals surface area contributed by atoms with E-state index in [0.717, 1.165) is 0 Å². The monoisotopic (exact) mass is 371 g/mol. The third kappa shape index (κ3) is 4.22. The van der Waals surface area contributed by atoms with Gasteiger partial charge in [-0.1, -0.05) is 22.6 Å². The van der Waals surface area contributed by atoms with E-state index in [2.05, 4.69) is 19.6 Å². The predicted octanol–water partition coefficient (Wildman–Crippen LogP) is 1.33. The summed E-state index contributed by atoms with van der Waals surface area (Å²) in [7, 11) is -1.69. The smallest absolute Gasteiger partial charge is 0.326 e. The highest BCUT2D eigenvalue weighted by Crippen LogP contribution is 2.24. The molecule has 0 aromatic carbocycles. The highest BCUT2D eigenvalue weighted by molar-refractivity contribution is 14.1. The maximum absolute atomic E-state index is 11.7. The Balaban J connectivity index is 2.72. The number of carbonyl (C=O) groups excluding carboxylic acids is 1. The molecule has 1 rings (SSSR count). The fraction of sp³-hybridized carbons (Fsp3) is 0.800. The molecular weight excluding hydrogens is 353 g/mol. The molecule has 0 saturated carbocycles. The lowest BCUT2D eigenvalue weighted by atomic mass is 10.2. The average Bonchev–Trinajstić information content (AvgIpc) is 2.57. The van der Waals surface area contributed by atoms with Gasteiger partial charge in [0, 0.05) is 13.0 Å². The van der Waals surface area contributed by atoms with Crippen LogP contribution < -0.4 is 0 Å². The molecule has 98 valence electrons. The number of likely N-dealkylation sites (tertiary alicyclic amines) is 1. The third-order valence-electron chi connectivity index (χ3n) is 2.50. The normalized spacial score (nSPS) is 25.1. The van der Waals surface area contributed by atoms with Crippen molar-refractivity contribution in [3.63, 3.8) is 0 Å². The first-order valence-corrected chi connectivity index (χ1v) is 10.4. The van der Waals surface area contributed by atoms with E-state index in [0.29, 0.717) is 17.4 Å². The van der Waals surface area contributed by atoms with Gasteiger partial charge in [0.25, 0.3) is 0 Å². The largest absolute Gasteiger partial charge is 0.480 e. The molecule has 0 bridgehead atoms. The SMILES string of the molecule is C[Si](C)(C)O[C@@H]1C[C@@H](C(=O)O)N(C(=O)CI)C1. The summed E-state index contributed by atoms with van der Waals surface area (Å²) < 4.78 is 6.19. The molecule has 1 fully saturated rings. The molecule has 1 N–H and O–H groups in total. The first-order chi connectivity index (χ1) is 7.74. The lowest BCUT2D eigenvalue weighted by Gasteiger charge is -2.23. The van der Waals surface area contributed by atoms with Crippen LogP contribution in [0.5, 0.6) is 0 Å². The zero-order valence-electron chi connectivity index (χ0n) is 10.3. The zero-order chi connectivity index (χ0) is 13.2. The first-order valence-electron chi connectivity index (χ1n) is 5.50. The highest BCUT2D eigenvalue weighted by atomic mass is 127. The van der Waals surface area contributed by atoms with Crippen molar-refractivity contribution in [3.05, 3.63) is 0 Å². The van der Waals surface area contributed by atoms with Gasteiger partial charge in [0.15, 0.2) is 8.32 Å². The first kappa shape index (κ1) is 14.9. The molecule has 5 nitrogen and oxygen atoms in total. The second-order valence-corrected chi connectivity index (χ2v) is 10.3. The number of aliphatic carboxylic acids is 1. The molecule has 1 aliphatic rings. The number of carbonyl (C=O) groups is 2. The van der Waals surface area contributed by atoms with Gasteiger partial charge in [-0.2, -0.15) is 0 Å². The number of halogens is 1. The van der Waals surface area contributed by atoms with Gasteiger partial charge in [-0.3, -0.25) is 4.79 Å². The van der Waals surface area contributed by atoms with Crippen molar-refractivity contribution in [3.8, 4) is 0 Å². The van der Waals surface area contributed by atoms with Crippen molar-refractivity contribution in [2.75, 3.05) is 11.0 Å². The molecule has 1 amide bonds. The van der Waals surface area contributed by atoms with Gasteiger partial charge in [-0.25, -0.2) is 4.79 Å². The number of nitrogens with zero attached hydrogens (tertiary/aromatic N) is 1. The summed E-state index contributed by atoms with van der Waals surface area (Å²) in [6, 6.07) is -0.724. The Morgan fingerprint density at radius 2 is 2.06 bits per heavy atom. The molecule has 0 aromatic heterocycles. The van der Waals surface area contributed by atoms with Crippen LogP contribution in [0.15, 0.2) is 0 Å². The molecule has 1 heterocycles. The van der Waals surface area contributed by atoms with Crippen LogP contribution in [0.1, 0.15) is 6.42 Å². The van der Waals surface area contributed by atoms with E-state index in [1.165, 1.54) is 4.90 Å². The van der Waals surface area contributed by atoms with Gasteiger partial charge in [-0.15, -0.1) is 0 Å². The minimum Gasteiger partial charge on any atom is -0.480 e. The summed E-state index contributed by atoms with van der Waals surface area (Å²) in [5.41, 5.74) is 0. The topological polar surface area (TPSA) is 66.8 Å². The van der Waals surface area contributed by atoms with Crippen molar-refractivity contribution in [1.82, 2.24) is 4.90 Å². The Bertz CT molecular complexity index is 318. The summed E-state index contributed by atoms with van der Waals surface area (Å²) in [6.07, 6.45) is 0.275. The van der Waals surface area contributed by atoms with Gasteiger partial charge in [0.2, 0.25) is 5.91 Å². The summed E-state index contributed by atoms with van der Waals surface area (Å²) in [5, 5.41) is 9.10. The van der Waals surface area contributed by atoms with Gasteiger partial charge in [-0.05, 0) is 19.6 Å². The Morgan fingerprint density at radius 1 is 1.47 bits per heavy atom. The molecule has 0 spiro atoms. The van der Waals surface area contributed by atoms with E-state index in [4.69, 9.17) is 9.53 Å². The van der Waals surface area contributed by atoms with E-state index >= 15 is 0 Å². The van der Waals surface area contributed by atoms with Crippen molar-refractivity contribution < 1.29 is 19.1 Å². The lowest BCUT2D eigenvalue weighted by Crippen LogP contribution is -2.41. The minimum absolute atomic E-state index is 0.125. The number of hydrogen-bond acceptors (Lipinski definition) is 3. The van der Waals surface area contributed by atoms with Crippen LogP contribution in [0.4, 0.5) is 0 Å². The number of carboxylic acid groups (broad SMARTS) is 1. The Labute approximate surface area is 116 Å². The van der Waals surface area contributed by atoms with Crippen LogP contribution in [0, 0.1) is 0 Å². The summed E-state index contributed by atoms with van der Waals surface area (Å²) >= 11 is 1.96. The third-order valence-corrected chi connectivity index (χ3v) is 4.20. The summed E-state index contributed by atoms with van der Waals surface area (Å²) in [4.78, 5) is 24.2. The van der Waals surface area contributed by atoms with E-state index < -0.39 is 20.3 Å².